The van der Waals surface area contributed by atoms with E-state index in [1.165, 1.54) is 0 Å². The molecule has 10 heteroatoms. The number of amides is 1. The Morgan fingerprint density at radius 1 is 1.00 bits per heavy atom. The normalized spacial score (nSPS) is 27.6. The van der Waals surface area contributed by atoms with Gasteiger partial charge in [0.1, 0.15) is 6.61 Å². The van der Waals surface area contributed by atoms with E-state index >= 15 is 0 Å². The summed E-state index contributed by atoms with van der Waals surface area (Å²) >= 11 is 0. The highest BCUT2D eigenvalue weighted by Crippen LogP contribution is 2.50. The van der Waals surface area contributed by atoms with Crippen LogP contribution in [0, 0.1) is 24.7 Å². The third-order valence-electron chi connectivity index (χ3n) is 10.8. The van der Waals surface area contributed by atoms with Crippen LogP contribution in [-0.2, 0) is 15.7 Å². The van der Waals surface area contributed by atoms with E-state index in [1.807, 2.05) is 24.3 Å². The number of carbonyl (C=O) groups is 1. The van der Waals surface area contributed by atoms with Gasteiger partial charge in [-0.05, 0) is 100 Å². The molecule has 1 amide bonds. The molecule has 4 atom stereocenters. The van der Waals surface area contributed by atoms with Crippen LogP contribution in [0.5, 0.6) is 5.88 Å². The van der Waals surface area contributed by atoms with Gasteiger partial charge in [0.05, 0.1) is 28.8 Å². The predicted octanol–water partition coefficient (Wildman–Crippen LogP) is 7.59. The molecular weight excluding hydrogens is 647 g/mol. The SMILES string of the molecule is CCC1(CCN2C[C@@H](C)O[C@@H](C)C2)CC(N2C(=O)c3cccc(c3)S(=O)Nc3nc(cc(-c4c(C)cccc4C)n3)OC[C@H]2CC(C)(C)C)C1. The molecule has 0 spiro atoms. The first kappa shape index (κ1) is 36.5. The summed E-state index contributed by atoms with van der Waals surface area (Å²) in [5, 5.41) is 0. The van der Waals surface area contributed by atoms with Gasteiger partial charge >= 0.3 is 0 Å². The molecule has 1 aromatic heterocycles. The summed E-state index contributed by atoms with van der Waals surface area (Å²) in [5.74, 6) is 0.565. The number of rotatable bonds is 7. The van der Waals surface area contributed by atoms with Crippen LogP contribution in [0.15, 0.2) is 53.4 Å². The van der Waals surface area contributed by atoms with Crippen molar-refractivity contribution in [2.75, 3.05) is 31.0 Å². The number of fused-ring (bicyclic) bond motifs is 4. The van der Waals surface area contributed by atoms with Crippen LogP contribution in [0.1, 0.15) is 95.1 Å². The summed E-state index contributed by atoms with van der Waals surface area (Å²) in [4.78, 5) is 29.4. The second kappa shape index (κ2) is 14.7. The van der Waals surface area contributed by atoms with Crippen molar-refractivity contribution in [2.45, 2.75) is 117 Å². The molecule has 1 saturated carbocycles. The minimum atomic E-state index is -1.70. The Bertz CT molecular complexity index is 1690. The summed E-state index contributed by atoms with van der Waals surface area (Å²) in [6.45, 7) is 20.6. The molecule has 1 unspecified atom stereocenters. The number of aromatic nitrogens is 2. The lowest BCUT2D eigenvalue weighted by atomic mass is 9.61. The molecule has 2 aliphatic heterocycles. The zero-order valence-corrected chi connectivity index (χ0v) is 31.9. The van der Waals surface area contributed by atoms with Crippen molar-refractivity contribution in [3.63, 3.8) is 0 Å². The molecule has 3 aliphatic rings. The van der Waals surface area contributed by atoms with Crippen LogP contribution in [0.25, 0.3) is 11.3 Å². The van der Waals surface area contributed by atoms with Gasteiger partial charge in [-0.15, -0.1) is 0 Å². The molecule has 1 saturated heterocycles. The molecule has 1 N–H and O–H groups in total. The number of ether oxygens (including phenoxy) is 2. The number of nitrogens with zero attached hydrogens (tertiary/aromatic N) is 4. The van der Waals surface area contributed by atoms with Gasteiger partial charge in [0, 0.05) is 36.3 Å². The van der Waals surface area contributed by atoms with Crippen LogP contribution in [0.4, 0.5) is 5.95 Å². The molecule has 3 aromatic rings. The second-order valence-electron chi connectivity index (χ2n) is 16.2. The number of hydrogen-bond acceptors (Lipinski definition) is 7. The summed E-state index contributed by atoms with van der Waals surface area (Å²) < 4.78 is 29.3. The minimum absolute atomic E-state index is 0.0412. The average Bonchev–Trinajstić information content (AvgIpc) is 3.03. The Hall–Kier alpha value is -3.34. The highest BCUT2D eigenvalue weighted by atomic mass is 32.2. The van der Waals surface area contributed by atoms with E-state index in [9.17, 15) is 9.00 Å². The molecule has 9 nitrogen and oxygen atoms in total. The van der Waals surface area contributed by atoms with Gasteiger partial charge in [0.15, 0.2) is 11.0 Å². The maximum atomic E-state index is 14.7. The van der Waals surface area contributed by atoms with E-state index in [0.29, 0.717) is 22.0 Å². The smallest absolute Gasteiger partial charge is 0.254 e. The van der Waals surface area contributed by atoms with E-state index in [-0.39, 0.29) is 53.6 Å². The maximum Gasteiger partial charge on any atom is 0.254 e. The zero-order valence-electron chi connectivity index (χ0n) is 31.1. The van der Waals surface area contributed by atoms with Crippen LogP contribution < -0.4 is 9.46 Å². The van der Waals surface area contributed by atoms with Crippen molar-refractivity contribution in [1.29, 1.82) is 0 Å². The standard InChI is InChI=1S/C40H55N5O4S/c1-9-40(16-17-44-23-28(4)49-29(5)24-44)21-31(22-40)45-32(20-39(6,7)8)25-48-35-19-34(36-26(2)12-10-13-27(36)3)41-38(42-35)43-50(47)33-15-11-14-30(18-33)37(45)46/h10-15,18-19,28-29,31-32H,9,16-17,20-25H2,1-8H3,(H,41,42,43)/t28-,29+,31?,32-,40?,50?/m1/s1. The molecule has 6 rings (SSSR count). The first-order valence-corrected chi connectivity index (χ1v) is 19.4. The molecule has 2 aromatic carbocycles. The highest BCUT2D eigenvalue weighted by molar-refractivity contribution is 7.86. The van der Waals surface area contributed by atoms with Crippen molar-refractivity contribution < 1.29 is 18.5 Å². The number of hydrogen-bond donors (Lipinski definition) is 1. The van der Waals surface area contributed by atoms with E-state index in [1.54, 1.807) is 12.1 Å². The van der Waals surface area contributed by atoms with Gasteiger partial charge in [0.25, 0.3) is 5.91 Å². The largest absolute Gasteiger partial charge is 0.475 e. The predicted molar refractivity (Wildman–Crippen MR) is 200 cm³/mol. The summed E-state index contributed by atoms with van der Waals surface area (Å²) in [7, 11) is -1.70. The highest BCUT2D eigenvalue weighted by Gasteiger charge is 2.49. The fraction of sp³-hybridized carbons (Fsp3) is 0.575. The second-order valence-corrected chi connectivity index (χ2v) is 17.4. The average molecular weight is 702 g/mol. The Morgan fingerprint density at radius 2 is 1.68 bits per heavy atom. The van der Waals surface area contributed by atoms with E-state index in [2.05, 4.69) is 87.0 Å². The number of benzene rings is 2. The fourth-order valence-corrected chi connectivity index (χ4v) is 9.16. The molecular formula is C40H55N5O4S. The Kier molecular flexibility index (Phi) is 10.7. The van der Waals surface area contributed by atoms with Crippen molar-refractivity contribution in [3.05, 3.63) is 65.2 Å². The van der Waals surface area contributed by atoms with Crippen molar-refractivity contribution in [2.24, 2.45) is 10.8 Å². The van der Waals surface area contributed by atoms with Crippen LogP contribution in [0.2, 0.25) is 0 Å². The van der Waals surface area contributed by atoms with E-state index in [0.717, 1.165) is 68.4 Å². The lowest BCUT2D eigenvalue weighted by Crippen LogP contribution is -2.59. The number of nitrogens with one attached hydrogen (secondary N) is 1. The molecule has 2 fully saturated rings. The maximum absolute atomic E-state index is 14.7. The first-order chi connectivity index (χ1) is 23.7. The zero-order chi connectivity index (χ0) is 35.8. The number of morpholine rings is 1. The quantitative estimate of drug-likeness (QED) is 0.271. The third kappa shape index (κ3) is 8.24. The molecule has 4 bridgehead atoms. The van der Waals surface area contributed by atoms with Crippen LogP contribution >= 0.6 is 0 Å². The van der Waals surface area contributed by atoms with Gasteiger partial charge in [-0.25, -0.2) is 9.19 Å². The van der Waals surface area contributed by atoms with E-state index in [4.69, 9.17) is 14.5 Å². The molecule has 50 heavy (non-hydrogen) atoms. The number of anilines is 1. The van der Waals surface area contributed by atoms with Gasteiger partial charge in [-0.2, -0.15) is 4.98 Å². The molecule has 270 valence electrons. The van der Waals surface area contributed by atoms with Crippen molar-refractivity contribution >= 4 is 22.8 Å². The van der Waals surface area contributed by atoms with Gasteiger partial charge in [0.2, 0.25) is 11.8 Å². The van der Waals surface area contributed by atoms with Crippen molar-refractivity contribution in [3.8, 4) is 17.1 Å². The number of aryl methyl sites for hydroxylation is 2. The van der Waals surface area contributed by atoms with Crippen LogP contribution in [0.3, 0.4) is 0 Å². The van der Waals surface area contributed by atoms with Crippen molar-refractivity contribution in [1.82, 2.24) is 19.8 Å². The first-order valence-electron chi connectivity index (χ1n) is 18.3. The topological polar surface area (TPSA) is 96.9 Å². The fourth-order valence-electron chi connectivity index (χ4n) is 8.35. The monoisotopic (exact) mass is 701 g/mol. The molecule has 0 radical (unpaired) electrons. The van der Waals surface area contributed by atoms with Gasteiger partial charge in [-0.3, -0.25) is 14.4 Å². The Morgan fingerprint density at radius 3 is 2.34 bits per heavy atom. The lowest BCUT2D eigenvalue weighted by molar-refractivity contribution is -0.0783. The summed E-state index contributed by atoms with van der Waals surface area (Å²) in [6.07, 6.45) is 5.33. The number of carbonyl (C=O) groups excluding carboxylic acids is 1. The molecule has 1 aliphatic carbocycles. The van der Waals surface area contributed by atoms with Gasteiger partial charge in [-0.1, -0.05) is 58.4 Å². The van der Waals surface area contributed by atoms with Gasteiger partial charge < -0.3 is 14.4 Å². The van der Waals surface area contributed by atoms with E-state index < -0.39 is 11.0 Å². The molecule has 3 heterocycles. The third-order valence-corrected chi connectivity index (χ3v) is 11.8. The summed E-state index contributed by atoms with van der Waals surface area (Å²) in [5.41, 5.74) is 4.50. The lowest BCUT2D eigenvalue weighted by Gasteiger charge is -2.54. The Labute approximate surface area is 301 Å². The minimum Gasteiger partial charge on any atom is -0.475 e. The summed E-state index contributed by atoms with van der Waals surface area (Å²) in [6, 6.07) is 15.1. The Balaban J connectivity index is 1.35. The van der Waals surface area contributed by atoms with Crippen LogP contribution in [-0.4, -0.2) is 80.4 Å².